The molecule has 0 saturated carbocycles. The summed E-state index contributed by atoms with van der Waals surface area (Å²) >= 11 is 3.42. The zero-order valence-electron chi connectivity index (χ0n) is 14.7. The van der Waals surface area contributed by atoms with Crippen LogP contribution < -0.4 is 14.9 Å². The Labute approximate surface area is 160 Å². The molecule has 0 aliphatic carbocycles. The monoisotopic (exact) mass is 418 g/mol. The van der Waals surface area contributed by atoms with Gasteiger partial charge in [0.05, 0.1) is 6.21 Å². The van der Waals surface area contributed by atoms with Crippen molar-refractivity contribution in [2.24, 2.45) is 5.10 Å². The lowest BCUT2D eigenvalue weighted by atomic mass is 10.1. The van der Waals surface area contributed by atoms with Gasteiger partial charge in [0.1, 0.15) is 11.5 Å². The van der Waals surface area contributed by atoms with E-state index in [9.17, 15) is 9.59 Å². The summed E-state index contributed by atoms with van der Waals surface area (Å²) in [5, 5.41) is 3.88. The second-order valence-corrected chi connectivity index (χ2v) is 6.50. The van der Waals surface area contributed by atoms with Crippen LogP contribution in [0.1, 0.15) is 23.6 Å². The molecule has 0 unspecified atom stereocenters. The minimum Gasteiger partial charge on any atom is -0.483 e. The predicted molar refractivity (Wildman–Crippen MR) is 103 cm³/mol. The molecule has 0 spiro atoms. The van der Waals surface area contributed by atoms with E-state index >= 15 is 0 Å². The van der Waals surface area contributed by atoms with E-state index in [1.807, 2.05) is 26.0 Å². The van der Waals surface area contributed by atoms with Crippen LogP contribution >= 0.6 is 15.9 Å². The van der Waals surface area contributed by atoms with E-state index in [0.29, 0.717) is 17.1 Å². The van der Waals surface area contributed by atoms with E-state index in [-0.39, 0.29) is 6.61 Å². The maximum atomic E-state index is 11.9. The van der Waals surface area contributed by atoms with Gasteiger partial charge in [-0.1, -0.05) is 28.1 Å². The highest BCUT2D eigenvalue weighted by atomic mass is 79.9. The Morgan fingerprint density at radius 1 is 1.19 bits per heavy atom. The van der Waals surface area contributed by atoms with Gasteiger partial charge in [0.25, 0.3) is 5.91 Å². The number of halogens is 1. The van der Waals surface area contributed by atoms with Crippen LogP contribution in [0.25, 0.3) is 0 Å². The Morgan fingerprint density at radius 2 is 1.85 bits per heavy atom. The van der Waals surface area contributed by atoms with Crippen molar-refractivity contribution < 1.29 is 19.1 Å². The number of hydrazone groups is 1. The number of carbonyl (C=O) groups is 2. The van der Waals surface area contributed by atoms with Gasteiger partial charge in [-0.2, -0.15) is 5.10 Å². The topological polar surface area (TPSA) is 77.0 Å². The van der Waals surface area contributed by atoms with Gasteiger partial charge in [0, 0.05) is 17.0 Å². The molecule has 0 aliphatic heterocycles. The number of hydrogen-bond acceptors (Lipinski definition) is 5. The lowest BCUT2D eigenvalue weighted by molar-refractivity contribution is -0.132. The number of nitrogens with one attached hydrogen (secondary N) is 1. The fourth-order valence-electron chi connectivity index (χ4n) is 2.30. The standard InChI is InChI=1S/C19H19BrN2O4/c1-12-8-16(20)9-13(2)19(12)25-11-18(24)22-21-10-15-6-4-5-7-17(15)26-14(3)23/h4-10H,11H2,1-3H3,(H,22,24)/b21-10+. The van der Waals surface area contributed by atoms with Crippen LogP contribution in [0.2, 0.25) is 0 Å². The number of benzene rings is 2. The minimum absolute atomic E-state index is 0.160. The highest BCUT2D eigenvalue weighted by Crippen LogP contribution is 2.27. The van der Waals surface area contributed by atoms with Gasteiger partial charge in [0.2, 0.25) is 0 Å². The Balaban J connectivity index is 1.94. The van der Waals surface area contributed by atoms with Crippen molar-refractivity contribution >= 4 is 34.0 Å². The number of esters is 1. The summed E-state index contributed by atoms with van der Waals surface area (Å²) in [6, 6.07) is 10.7. The van der Waals surface area contributed by atoms with Gasteiger partial charge in [0.15, 0.2) is 6.61 Å². The lowest BCUT2D eigenvalue weighted by Crippen LogP contribution is -2.25. The second kappa shape index (κ2) is 9.15. The third-order valence-electron chi connectivity index (χ3n) is 3.34. The molecule has 1 N–H and O–H groups in total. The van der Waals surface area contributed by atoms with E-state index in [2.05, 4.69) is 26.5 Å². The molecule has 0 atom stereocenters. The number of carbonyl (C=O) groups excluding carboxylic acids is 2. The summed E-state index contributed by atoms with van der Waals surface area (Å²) in [7, 11) is 0. The number of ether oxygens (including phenoxy) is 2. The van der Waals surface area contributed by atoms with Crippen molar-refractivity contribution in [3.63, 3.8) is 0 Å². The summed E-state index contributed by atoms with van der Waals surface area (Å²) in [4.78, 5) is 23.0. The van der Waals surface area contributed by atoms with Gasteiger partial charge < -0.3 is 9.47 Å². The van der Waals surface area contributed by atoms with Crippen molar-refractivity contribution in [1.82, 2.24) is 5.43 Å². The van der Waals surface area contributed by atoms with Crippen molar-refractivity contribution in [3.05, 3.63) is 57.6 Å². The third kappa shape index (κ3) is 5.70. The first-order valence-electron chi connectivity index (χ1n) is 7.85. The summed E-state index contributed by atoms with van der Waals surface area (Å²) in [6.07, 6.45) is 1.41. The van der Waals surface area contributed by atoms with Gasteiger partial charge in [-0.05, 0) is 49.2 Å². The molecule has 0 saturated heterocycles. The maximum Gasteiger partial charge on any atom is 0.308 e. The molecule has 2 rings (SSSR count). The third-order valence-corrected chi connectivity index (χ3v) is 3.80. The van der Waals surface area contributed by atoms with Crippen molar-refractivity contribution in [1.29, 1.82) is 0 Å². The molecule has 0 aromatic heterocycles. The summed E-state index contributed by atoms with van der Waals surface area (Å²) < 4.78 is 11.6. The van der Waals surface area contributed by atoms with E-state index in [1.54, 1.807) is 24.3 Å². The van der Waals surface area contributed by atoms with Gasteiger partial charge in [-0.3, -0.25) is 9.59 Å². The molecule has 1 amide bonds. The molecule has 2 aromatic rings. The van der Waals surface area contributed by atoms with Crippen LogP contribution in [0.15, 0.2) is 46.0 Å². The molecule has 0 aliphatic rings. The first kappa shape index (κ1) is 19.7. The smallest absolute Gasteiger partial charge is 0.308 e. The molecule has 2 aromatic carbocycles. The summed E-state index contributed by atoms with van der Waals surface area (Å²) in [5.41, 5.74) is 4.83. The first-order valence-corrected chi connectivity index (χ1v) is 8.65. The van der Waals surface area contributed by atoms with Crippen molar-refractivity contribution in [2.75, 3.05) is 6.61 Å². The number of amides is 1. The molecule has 0 radical (unpaired) electrons. The Hall–Kier alpha value is -2.67. The predicted octanol–water partition coefficient (Wildman–Crippen LogP) is 3.52. The highest BCUT2D eigenvalue weighted by Gasteiger charge is 2.08. The van der Waals surface area contributed by atoms with E-state index in [1.165, 1.54) is 13.1 Å². The maximum absolute atomic E-state index is 11.9. The van der Waals surface area contributed by atoms with Crippen LogP contribution in [0.4, 0.5) is 0 Å². The lowest BCUT2D eigenvalue weighted by Gasteiger charge is -2.11. The van der Waals surface area contributed by atoms with Crippen LogP contribution in [-0.2, 0) is 9.59 Å². The largest absolute Gasteiger partial charge is 0.483 e. The van der Waals surface area contributed by atoms with E-state index in [0.717, 1.165) is 15.6 Å². The Morgan fingerprint density at radius 3 is 2.50 bits per heavy atom. The molecular formula is C19H19BrN2O4. The highest BCUT2D eigenvalue weighted by molar-refractivity contribution is 9.10. The van der Waals surface area contributed by atoms with Crippen LogP contribution in [0.3, 0.4) is 0 Å². The number of para-hydroxylation sites is 1. The van der Waals surface area contributed by atoms with Gasteiger partial charge in [-0.15, -0.1) is 0 Å². The Bertz CT molecular complexity index is 826. The fraction of sp³-hybridized carbons (Fsp3) is 0.211. The molecule has 7 heteroatoms. The molecule has 26 heavy (non-hydrogen) atoms. The normalized spacial score (nSPS) is 10.6. The molecule has 0 fully saturated rings. The average molecular weight is 419 g/mol. The Kier molecular flexibility index (Phi) is 6.91. The quantitative estimate of drug-likeness (QED) is 0.337. The zero-order chi connectivity index (χ0) is 19.1. The number of rotatable bonds is 6. The molecule has 136 valence electrons. The second-order valence-electron chi connectivity index (χ2n) is 5.58. The van der Waals surface area contributed by atoms with E-state index < -0.39 is 11.9 Å². The van der Waals surface area contributed by atoms with Crippen LogP contribution in [0.5, 0.6) is 11.5 Å². The number of nitrogens with zero attached hydrogens (tertiary/aromatic N) is 1. The molecule has 0 heterocycles. The van der Waals surface area contributed by atoms with Gasteiger partial charge >= 0.3 is 5.97 Å². The fourth-order valence-corrected chi connectivity index (χ4v) is 2.99. The number of aryl methyl sites for hydroxylation is 2. The zero-order valence-corrected chi connectivity index (χ0v) is 16.3. The molecule has 6 nitrogen and oxygen atoms in total. The van der Waals surface area contributed by atoms with Crippen molar-refractivity contribution in [3.8, 4) is 11.5 Å². The van der Waals surface area contributed by atoms with E-state index in [4.69, 9.17) is 9.47 Å². The average Bonchev–Trinajstić information content (AvgIpc) is 2.55. The number of hydrogen-bond donors (Lipinski definition) is 1. The molecular weight excluding hydrogens is 400 g/mol. The first-order chi connectivity index (χ1) is 12.4. The van der Waals surface area contributed by atoms with Crippen LogP contribution in [0, 0.1) is 13.8 Å². The summed E-state index contributed by atoms with van der Waals surface area (Å²) in [5.74, 6) is 0.222. The minimum atomic E-state index is -0.427. The SMILES string of the molecule is CC(=O)Oc1ccccc1/C=N/NC(=O)COc1c(C)cc(Br)cc1C. The van der Waals surface area contributed by atoms with Crippen LogP contribution in [-0.4, -0.2) is 24.7 Å². The van der Waals surface area contributed by atoms with Crippen molar-refractivity contribution in [2.45, 2.75) is 20.8 Å². The summed E-state index contributed by atoms with van der Waals surface area (Å²) in [6.45, 7) is 4.98. The van der Waals surface area contributed by atoms with Gasteiger partial charge in [-0.25, -0.2) is 5.43 Å². The molecule has 0 bridgehead atoms.